The number of carboxylic acid groups (broad SMARTS) is 1. The number of aliphatic hydroxyl groups excluding tert-OH is 1. The molecule has 0 aromatic heterocycles. The first kappa shape index (κ1) is 23.1. The maximum absolute atomic E-state index is 10.6. The van der Waals surface area contributed by atoms with Crippen LogP contribution in [0.3, 0.4) is 0 Å². The lowest BCUT2D eigenvalue weighted by molar-refractivity contribution is -0.137. The van der Waals surface area contributed by atoms with Gasteiger partial charge in [0.25, 0.3) is 0 Å². The average Bonchev–Trinajstić information content (AvgIpc) is 2.60. The van der Waals surface area contributed by atoms with Gasteiger partial charge in [-0.25, -0.2) is 5.84 Å². The molecule has 0 heterocycles. The van der Waals surface area contributed by atoms with Gasteiger partial charge in [0.1, 0.15) is 12.4 Å². The Morgan fingerprint density at radius 3 is 2.62 bits per heavy atom. The van der Waals surface area contributed by atoms with Crippen LogP contribution in [-0.2, 0) is 4.79 Å². The monoisotopic (exact) mass is 359 g/mol. The first-order valence-electron chi connectivity index (χ1n) is 8.35. The average molecular weight is 359 g/mol. The maximum Gasteiger partial charge on any atom is 0.324 e. The third-order valence-corrected chi connectivity index (χ3v) is 3.28. The zero-order valence-electron chi connectivity index (χ0n) is 15.3. The Hall–Kier alpha value is -2.86. The fourth-order valence-electron chi connectivity index (χ4n) is 2.00. The highest BCUT2D eigenvalue weighted by Gasteiger charge is 2.08. The number of amidine groups is 1. The van der Waals surface area contributed by atoms with Gasteiger partial charge in [0.2, 0.25) is 0 Å². The van der Waals surface area contributed by atoms with Crippen LogP contribution in [-0.4, -0.2) is 33.6 Å². The third kappa shape index (κ3) is 11.6. The molecule has 0 saturated carbocycles. The molecule has 0 rings (SSSR count). The van der Waals surface area contributed by atoms with E-state index in [4.69, 9.17) is 21.5 Å². The van der Waals surface area contributed by atoms with Crippen molar-refractivity contribution in [1.82, 2.24) is 5.01 Å². The molecule has 0 atom stereocenters. The van der Waals surface area contributed by atoms with Gasteiger partial charge in [-0.1, -0.05) is 42.5 Å². The number of carbonyl (C=O) groups is 1. The lowest BCUT2D eigenvalue weighted by Crippen LogP contribution is -2.40. The Morgan fingerprint density at radius 1 is 1.31 bits per heavy atom. The van der Waals surface area contributed by atoms with Gasteiger partial charge in [0, 0.05) is 6.42 Å². The predicted molar refractivity (Wildman–Crippen MR) is 107 cm³/mol. The van der Waals surface area contributed by atoms with E-state index in [1.807, 2.05) is 43.4 Å². The zero-order chi connectivity index (χ0) is 19.8. The van der Waals surface area contributed by atoms with Gasteiger partial charge in [-0.2, -0.15) is 0 Å². The first-order chi connectivity index (χ1) is 12.4. The minimum absolute atomic E-state index is 0.0746. The van der Waals surface area contributed by atoms with Crippen molar-refractivity contribution in [3.63, 3.8) is 0 Å². The molecule has 0 amide bonds. The van der Waals surface area contributed by atoms with Gasteiger partial charge in [-0.15, -0.1) is 6.58 Å². The first-order valence-corrected chi connectivity index (χ1v) is 8.35. The molecule has 0 saturated heterocycles. The second-order valence-electron chi connectivity index (χ2n) is 5.47. The Morgan fingerprint density at radius 2 is 2.04 bits per heavy atom. The van der Waals surface area contributed by atoms with Gasteiger partial charge in [0.15, 0.2) is 0 Å². The van der Waals surface area contributed by atoms with E-state index in [2.05, 4.69) is 6.58 Å². The molecule has 0 aliphatic rings. The highest BCUT2D eigenvalue weighted by molar-refractivity contribution is 5.82. The van der Waals surface area contributed by atoms with Crippen LogP contribution >= 0.6 is 0 Å². The summed E-state index contributed by atoms with van der Waals surface area (Å²) < 4.78 is 0. The van der Waals surface area contributed by atoms with E-state index >= 15 is 0 Å². The molecule has 26 heavy (non-hydrogen) atoms. The molecule has 0 aromatic rings. The summed E-state index contributed by atoms with van der Waals surface area (Å²) in [6.45, 7) is 5.25. The largest absolute Gasteiger partial charge is 0.516 e. The minimum Gasteiger partial charge on any atom is -0.516 e. The number of carboxylic acids is 1. The number of rotatable bonds is 12. The standard InChI is InChI=1S/C20H29N3O3/c1-3-5-9-17(15-18(13-14-24)10-6-4-2)11-7-8-12-19(21)23(22)16-20(25)26/h3-4,6-7,9-11,13-14,21,24H,1,5,8,12,15-16,22H2,2H3,(H,25,26)/b6-4-,11-7-,14-13+,17-9+,18-10+,21-19?. The van der Waals surface area contributed by atoms with Crippen molar-refractivity contribution < 1.29 is 15.0 Å². The number of nitrogens with two attached hydrogens (primary N) is 1. The van der Waals surface area contributed by atoms with Crippen LogP contribution in [0.15, 0.2) is 72.6 Å². The van der Waals surface area contributed by atoms with Gasteiger partial charge < -0.3 is 10.2 Å². The molecule has 0 aromatic carbocycles. The molecule has 6 nitrogen and oxygen atoms in total. The molecular weight excluding hydrogens is 330 g/mol. The van der Waals surface area contributed by atoms with Crippen molar-refractivity contribution in [3.8, 4) is 0 Å². The summed E-state index contributed by atoms with van der Waals surface area (Å²) in [6, 6.07) is 0. The topological polar surface area (TPSA) is 111 Å². The van der Waals surface area contributed by atoms with Crippen LogP contribution in [0.2, 0.25) is 0 Å². The zero-order valence-corrected chi connectivity index (χ0v) is 15.3. The smallest absolute Gasteiger partial charge is 0.324 e. The summed E-state index contributed by atoms with van der Waals surface area (Å²) >= 11 is 0. The number of allylic oxidation sites excluding steroid dienone is 10. The van der Waals surface area contributed by atoms with Gasteiger partial charge in [0.05, 0.1) is 6.26 Å². The van der Waals surface area contributed by atoms with E-state index in [1.54, 1.807) is 12.2 Å². The van der Waals surface area contributed by atoms with Crippen LogP contribution in [0.4, 0.5) is 0 Å². The van der Waals surface area contributed by atoms with E-state index < -0.39 is 5.97 Å². The van der Waals surface area contributed by atoms with Crippen LogP contribution in [0.25, 0.3) is 0 Å². The minimum atomic E-state index is -1.07. The lowest BCUT2D eigenvalue weighted by atomic mass is 10.0. The summed E-state index contributed by atoms with van der Waals surface area (Å²) in [5.74, 6) is 4.51. The van der Waals surface area contributed by atoms with E-state index in [-0.39, 0.29) is 12.4 Å². The van der Waals surface area contributed by atoms with E-state index in [0.29, 0.717) is 19.3 Å². The van der Waals surface area contributed by atoms with Crippen LogP contribution in [0.5, 0.6) is 0 Å². The number of hydrazine groups is 1. The number of aliphatic hydroxyl groups is 1. The van der Waals surface area contributed by atoms with E-state index in [9.17, 15) is 4.79 Å². The third-order valence-electron chi connectivity index (χ3n) is 3.28. The Kier molecular flexibility index (Phi) is 12.9. The van der Waals surface area contributed by atoms with Gasteiger partial charge >= 0.3 is 5.97 Å². The summed E-state index contributed by atoms with van der Waals surface area (Å²) in [4.78, 5) is 10.6. The van der Waals surface area contributed by atoms with Gasteiger partial charge in [-0.05, 0) is 43.4 Å². The molecule has 142 valence electrons. The molecule has 5 N–H and O–H groups in total. The molecular formula is C20H29N3O3. The maximum atomic E-state index is 10.6. The summed E-state index contributed by atoms with van der Waals surface area (Å²) in [5.41, 5.74) is 2.01. The van der Waals surface area contributed by atoms with Crippen molar-refractivity contribution in [1.29, 1.82) is 5.41 Å². The Balaban J connectivity index is 4.85. The molecule has 0 aliphatic carbocycles. The number of aliphatic carboxylic acids is 1. The fourth-order valence-corrected chi connectivity index (χ4v) is 2.00. The van der Waals surface area contributed by atoms with Crippen molar-refractivity contribution in [2.24, 2.45) is 5.84 Å². The number of nitrogens with zero attached hydrogens (tertiary/aromatic N) is 1. The molecule has 0 unspecified atom stereocenters. The second kappa shape index (κ2) is 14.5. The fraction of sp³-hybridized carbons (Fsp3) is 0.300. The van der Waals surface area contributed by atoms with Crippen LogP contribution in [0.1, 0.15) is 32.6 Å². The van der Waals surface area contributed by atoms with Crippen molar-refractivity contribution in [3.05, 3.63) is 72.6 Å². The highest BCUT2D eigenvalue weighted by Crippen LogP contribution is 2.16. The van der Waals surface area contributed by atoms with Crippen LogP contribution < -0.4 is 5.84 Å². The molecule has 0 aliphatic heterocycles. The van der Waals surface area contributed by atoms with Gasteiger partial charge in [-0.3, -0.25) is 15.2 Å². The van der Waals surface area contributed by atoms with Crippen molar-refractivity contribution >= 4 is 11.8 Å². The molecule has 0 fully saturated rings. The summed E-state index contributed by atoms with van der Waals surface area (Å²) in [5, 5.41) is 26.4. The van der Waals surface area contributed by atoms with E-state index in [0.717, 1.165) is 28.8 Å². The predicted octanol–water partition coefficient (Wildman–Crippen LogP) is 4.03. The SMILES string of the molecule is C=CC/C=C(\C=C/CCC(=N)N(N)CC(=O)O)CC(=C/C=C\C)/C=C/O. The second-order valence-corrected chi connectivity index (χ2v) is 5.47. The van der Waals surface area contributed by atoms with Crippen molar-refractivity contribution in [2.75, 3.05) is 6.54 Å². The van der Waals surface area contributed by atoms with Crippen molar-refractivity contribution in [2.45, 2.75) is 32.6 Å². The highest BCUT2D eigenvalue weighted by atomic mass is 16.4. The normalized spacial score (nSPS) is 13.0. The molecule has 6 heteroatoms. The Bertz CT molecular complexity index is 614. The van der Waals surface area contributed by atoms with Crippen LogP contribution in [0, 0.1) is 5.41 Å². The quantitative estimate of drug-likeness (QED) is 0.0800. The number of nitrogens with one attached hydrogen (secondary N) is 1. The molecule has 0 bridgehead atoms. The lowest BCUT2D eigenvalue weighted by Gasteiger charge is -2.16. The summed E-state index contributed by atoms with van der Waals surface area (Å²) in [6.07, 6.45) is 18.4. The number of hydrogen-bond donors (Lipinski definition) is 4. The van der Waals surface area contributed by atoms with E-state index in [1.165, 1.54) is 0 Å². The number of hydrogen-bond acceptors (Lipinski definition) is 4. The molecule has 0 radical (unpaired) electrons. The Labute approximate surface area is 155 Å². The summed E-state index contributed by atoms with van der Waals surface area (Å²) in [7, 11) is 0. The molecule has 0 spiro atoms.